The summed E-state index contributed by atoms with van der Waals surface area (Å²) in [4.78, 5) is 23.2. The molecule has 0 aromatic heterocycles. The van der Waals surface area contributed by atoms with Gasteiger partial charge >= 0.3 is 29.6 Å². The average Bonchev–Trinajstić information content (AvgIpc) is 2.50. The topological polar surface area (TPSA) is 77.5 Å². The molecule has 2 rings (SSSR count). The second-order valence-corrected chi connectivity index (χ2v) is 6.22. The predicted octanol–water partition coefficient (Wildman–Crippen LogP) is -4.02. The van der Waals surface area contributed by atoms with Gasteiger partial charge in [-0.3, -0.25) is 13.9 Å². The van der Waals surface area contributed by atoms with E-state index in [4.69, 9.17) is 0 Å². The van der Waals surface area contributed by atoms with Gasteiger partial charge in [-0.25, -0.2) is 0 Å². The van der Waals surface area contributed by atoms with E-state index in [9.17, 15) is 18.9 Å². The number of nitrogens with zero attached hydrogens (tertiary/aromatic N) is 1. The summed E-state index contributed by atoms with van der Waals surface area (Å²) < 4.78 is 11.8. The van der Waals surface area contributed by atoms with Gasteiger partial charge in [-0.2, -0.15) is 0 Å². The Hall–Kier alpha value is 0.180. The van der Waals surface area contributed by atoms with Gasteiger partial charge in [0.05, 0.1) is 38.5 Å². The molecule has 1 fully saturated rings. The zero-order valence-corrected chi connectivity index (χ0v) is 12.5. The third kappa shape index (κ3) is 2.11. The molecule has 0 radical (unpaired) electrons. The van der Waals surface area contributed by atoms with Crippen LogP contribution in [0, 0.1) is 0 Å². The van der Waals surface area contributed by atoms with Crippen molar-refractivity contribution < 1.29 is 48.5 Å². The molecule has 0 spiro atoms. The molecule has 2 heterocycles. The molecule has 2 aliphatic heterocycles. The fourth-order valence-corrected chi connectivity index (χ4v) is 4.37. The van der Waals surface area contributed by atoms with Crippen molar-refractivity contribution in [1.82, 2.24) is 4.90 Å². The van der Waals surface area contributed by atoms with E-state index in [1.165, 1.54) is 16.7 Å². The Balaban J connectivity index is 0.00000128. The van der Waals surface area contributed by atoms with Gasteiger partial charge in [0.25, 0.3) is 0 Å². The minimum Gasteiger partial charge on any atom is -0.543 e. The molecule has 2 aliphatic rings. The van der Waals surface area contributed by atoms with Gasteiger partial charge in [-0.15, -0.1) is 0 Å². The van der Waals surface area contributed by atoms with E-state index < -0.39 is 16.8 Å². The SMILES string of the molecule is CCS(=O)C1=C(C(=O)[O-])N2C(=O)C[C@H]2S1.[Na+]. The number of amides is 1. The minimum absolute atomic E-state index is 0. The number of carboxylic acid groups (broad SMARTS) is 1. The van der Waals surface area contributed by atoms with Crippen molar-refractivity contribution in [2.24, 2.45) is 0 Å². The first-order valence-electron chi connectivity index (χ1n) is 4.39. The first-order valence-corrected chi connectivity index (χ1v) is 6.58. The van der Waals surface area contributed by atoms with Crippen molar-refractivity contribution in [3.05, 3.63) is 9.93 Å². The standard InChI is InChI=1S/C8H9NO4S2.Na/c1-2-15(13)8-6(7(11)12)9-4(10)3-5(9)14-8;/h5H,2-3H2,1H3,(H,11,12);/q;+1/p-1/t5-,15?;/m1./s1. The molecule has 16 heavy (non-hydrogen) atoms. The zero-order chi connectivity index (χ0) is 11.2. The van der Waals surface area contributed by atoms with Crippen LogP contribution < -0.4 is 34.7 Å². The molecule has 0 aromatic carbocycles. The molecule has 0 saturated carbocycles. The number of β-lactam (4-membered cyclic amide) rings is 1. The summed E-state index contributed by atoms with van der Waals surface area (Å²) >= 11 is 1.20. The third-order valence-electron chi connectivity index (χ3n) is 2.25. The summed E-state index contributed by atoms with van der Waals surface area (Å²) in [5.41, 5.74) is -0.193. The van der Waals surface area contributed by atoms with Crippen molar-refractivity contribution in [3.8, 4) is 0 Å². The molecule has 0 aliphatic carbocycles. The smallest absolute Gasteiger partial charge is 0.543 e. The van der Waals surface area contributed by atoms with E-state index in [0.717, 1.165) is 0 Å². The summed E-state index contributed by atoms with van der Waals surface area (Å²) in [5, 5.41) is 10.7. The zero-order valence-electron chi connectivity index (χ0n) is 8.89. The molecule has 0 N–H and O–H groups in total. The predicted molar refractivity (Wildman–Crippen MR) is 53.6 cm³/mol. The maximum atomic E-state index is 11.6. The van der Waals surface area contributed by atoms with Crippen LogP contribution in [0.2, 0.25) is 0 Å². The Morgan fingerprint density at radius 3 is 2.75 bits per heavy atom. The van der Waals surface area contributed by atoms with Crippen molar-refractivity contribution in [2.75, 3.05) is 5.75 Å². The van der Waals surface area contributed by atoms with Crippen LogP contribution in [0.1, 0.15) is 13.3 Å². The molecule has 82 valence electrons. The van der Waals surface area contributed by atoms with Gasteiger partial charge < -0.3 is 9.90 Å². The summed E-state index contributed by atoms with van der Waals surface area (Å²) in [6, 6.07) is 0. The quantitative estimate of drug-likeness (QED) is 0.385. The van der Waals surface area contributed by atoms with Crippen LogP contribution in [0.4, 0.5) is 0 Å². The largest absolute Gasteiger partial charge is 1.00 e. The molecule has 8 heteroatoms. The van der Waals surface area contributed by atoms with Gasteiger partial charge in [-0.1, -0.05) is 18.7 Å². The number of thioether (sulfide) groups is 1. The van der Waals surface area contributed by atoms with Crippen LogP contribution in [0.5, 0.6) is 0 Å². The minimum atomic E-state index is -1.42. The van der Waals surface area contributed by atoms with Crippen LogP contribution in [-0.2, 0) is 20.4 Å². The third-order valence-corrected chi connectivity index (χ3v) is 5.28. The Labute approximate surface area is 121 Å². The fourth-order valence-electron chi connectivity index (χ4n) is 1.50. The Bertz CT molecular complexity index is 409. The number of hydrogen-bond acceptors (Lipinski definition) is 5. The van der Waals surface area contributed by atoms with Crippen molar-refractivity contribution in [2.45, 2.75) is 18.7 Å². The summed E-state index contributed by atoms with van der Waals surface area (Å²) in [6.07, 6.45) is 0.311. The van der Waals surface area contributed by atoms with Gasteiger partial charge in [-0.05, 0) is 0 Å². The monoisotopic (exact) mass is 269 g/mol. The summed E-state index contributed by atoms with van der Waals surface area (Å²) in [6.45, 7) is 1.70. The molecule has 5 nitrogen and oxygen atoms in total. The average molecular weight is 269 g/mol. The second kappa shape index (κ2) is 5.22. The molecular weight excluding hydrogens is 261 g/mol. The fraction of sp³-hybridized carbons (Fsp3) is 0.500. The molecule has 1 saturated heterocycles. The van der Waals surface area contributed by atoms with Gasteiger partial charge in [0.2, 0.25) is 5.91 Å². The molecular formula is C8H8NNaO4S2. The summed E-state index contributed by atoms with van der Waals surface area (Å²) in [5.74, 6) is -1.32. The number of carbonyl (C=O) groups excluding carboxylic acids is 2. The van der Waals surface area contributed by atoms with E-state index in [1.807, 2.05) is 0 Å². The number of carbonyl (C=O) groups is 2. The first kappa shape index (κ1) is 14.2. The number of aliphatic carboxylic acids is 1. The maximum Gasteiger partial charge on any atom is 1.00 e. The van der Waals surface area contributed by atoms with Crippen molar-refractivity contribution in [1.29, 1.82) is 0 Å². The van der Waals surface area contributed by atoms with Crippen LogP contribution in [-0.4, -0.2) is 32.1 Å². The number of hydrogen-bond donors (Lipinski definition) is 0. The van der Waals surface area contributed by atoms with Crippen LogP contribution in [0.3, 0.4) is 0 Å². The first-order chi connectivity index (χ1) is 7.06. The Morgan fingerprint density at radius 1 is 1.69 bits per heavy atom. The normalized spacial score (nSPS) is 24.7. The van der Waals surface area contributed by atoms with E-state index in [1.54, 1.807) is 6.92 Å². The Kier molecular flexibility index (Phi) is 4.65. The van der Waals surface area contributed by atoms with Gasteiger partial charge in [0, 0.05) is 5.75 Å². The number of fused-ring (bicyclic) bond motifs is 1. The molecule has 0 bridgehead atoms. The maximum absolute atomic E-state index is 11.6. The van der Waals surface area contributed by atoms with E-state index in [0.29, 0.717) is 12.2 Å². The van der Waals surface area contributed by atoms with E-state index in [2.05, 4.69) is 0 Å². The molecule has 0 aromatic rings. The number of carboxylic acids is 1. The molecule has 1 amide bonds. The van der Waals surface area contributed by atoms with Crippen LogP contribution in [0.15, 0.2) is 9.93 Å². The van der Waals surface area contributed by atoms with Crippen molar-refractivity contribution >= 4 is 34.4 Å². The van der Waals surface area contributed by atoms with Gasteiger partial charge in [0.1, 0.15) is 0 Å². The van der Waals surface area contributed by atoms with Gasteiger partial charge in [0.15, 0.2) is 0 Å². The second-order valence-electron chi connectivity index (χ2n) is 3.10. The Morgan fingerprint density at radius 2 is 2.31 bits per heavy atom. The van der Waals surface area contributed by atoms with Crippen LogP contribution in [0.25, 0.3) is 0 Å². The van der Waals surface area contributed by atoms with Crippen molar-refractivity contribution in [3.63, 3.8) is 0 Å². The summed E-state index contributed by atoms with van der Waals surface area (Å²) in [7, 11) is -1.34. The van der Waals surface area contributed by atoms with Crippen LogP contribution >= 0.6 is 11.8 Å². The number of rotatable bonds is 3. The molecule has 2 atom stereocenters. The van der Waals surface area contributed by atoms with E-state index >= 15 is 0 Å². The van der Waals surface area contributed by atoms with E-state index in [-0.39, 0.29) is 50.8 Å². The molecule has 1 unspecified atom stereocenters.